The van der Waals surface area contributed by atoms with Crippen LogP contribution in [0.15, 0.2) is 6.07 Å². The molecule has 1 heterocycles. The SMILES string of the molecule is CCOCc1nc(N)cc(NCCCC2CC2)n1. The minimum Gasteiger partial charge on any atom is -0.384 e. The molecule has 0 radical (unpaired) electrons. The molecule has 0 bridgehead atoms. The number of ether oxygens (including phenoxy) is 1. The normalized spacial score (nSPS) is 14.7. The molecule has 0 unspecified atom stereocenters. The highest BCUT2D eigenvalue weighted by atomic mass is 16.5. The maximum absolute atomic E-state index is 5.75. The van der Waals surface area contributed by atoms with E-state index in [0.29, 0.717) is 24.9 Å². The topological polar surface area (TPSA) is 73.1 Å². The lowest BCUT2D eigenvalue weighted by Crippen LogP contribution is -2.08. The summed E-state index contributed by atoms with van der Waals surface area (Å²) >= 11 is 0. The zero-order valence-electron chi connectivity index (χ0n) is 11.0. The van der Waals surface area contributed by atoms with E-state index in [4.69, 9.17) is 10.5 Å². The highest BCUT2D eigenvalue weighted by Gasteiger charge is 2.19. The Bertz CT molecular complexity index is 379. The molecule has 3 N–H and O–H groups in total. The number of nitrogens with zero attached hydrogens (tertiary/aromatic N) is 2. The summed E-state index contributed by atoms with van der Waals surface area (Å²) in [5.41, 5.74) is 5.75. The van der Waals surface area contributed by atoms with E-state index in [1.54, 1.807) is 6.07 Å². The Morgan fingerprint density at radius 2 is 2.28 bits per heavy atom. The first-order chi connectivity index (χ1) is 8.78. The molecule has 0 saturated heterocycles. The van der Waals surface area contributed by atoms with Crippen molar-refractivity contribution >= 4 is 11.6 Å². The molecule has 18 heavy (non-hydrogen) atoms. The summed E-state index contributed by atoms with van der Waals surface area (Å²) in [7, 11) is 0. The molecule has 1 fully saturated rings. The summed E-state index contributed by atoms with van der Waals surface area (Å²) in [6.45, 7) is 3.96. The van der Waals surface area contributed by atoms with E-state index >= 15 is 0 Å². The van der Waals surface area contributed by atoms with E-state index < -0.39 is 0 Å². The predicted octanol–water partition coefficient (Wildman–Crippen LogP) is 2.20. The Hall–Kier alpha value is -1.36. The fourth-order valence-electron chi connectivity index (χ4n) is 1.88. The van der Waals surface area contributed by atoms with Crippen molar-refractivity contribution in [3.8, 4) is 0 Å². The largest absolute Gasteiger partial charge is 0.384 e. The lowest BCUT2D eigenvalue weighted by Gasteiger charge is -2.08. The van der Waals surface area contributed by atoms with Gasteiger partial charge in [-0.15, -0.1) is 0 Å². The van der Waals surface area contributed by atoms with Crippen molar-refractivity contribution in [1.29, 1.82) is 0 Å². The van der Waals surface area contributed by atoms with Crippen molar-refractivity contribution < 1.29 is 4.74 Å². The molecule has 5 heteroatoms. The van der Waals surface area contributed by atoms with Gasteiger partial charge >= 0.3 is 0 Å². The molecule has 5 nitrogen and oxygen atoms in total. The van der Waals surface area contributed by atoms with Gasteiger partial charge in [0.1, 0.15) is 18.2 Å². The highest BCUT2D eigenvalue weighted by Crippen LogP contribution is 2.33. The molecule has 0 aliphatic heterocycles. The van der Waals surface area contributed by atoms with Gasteiger partial charge in [-0.05, 0) is 25.7 Å². The molecule has 1 saturated carbocycles. The Morgan fingerprint density at radius 3 is 3.00 bits per heavy atom. The van der Waals surface area contributed by atoms with Crippen molar-refractivity contribution in [2.75, 3.05) is 24.2 Å². The summed E-state index contributed by atoms with van der Waals surface area (Å²) in [4.78, 5) is 8.52. The Kier molecular flexibility index (Phi) is 4.75. The van der Waals surface area contributed by atoms with Crippen LogP contribution in [0.5, 0.6) is 0 Å². The molecule has 0 aromatic carbocycles. The molecule has 1 aliphatic carbocycles. The summed E-state index contributed by atoms with van der Waals surface area (Å²) in [5.74, 6) is 2.91. The van der Waals surface area contributed by atoms with Crippen molar-refractivity contribution in [1.82, 2.24) is 9.97 Å². The maximum Gasteiger partial charge on any atom is 0.158 e. The minimum atomic E-state index is 0.415. The average molecular weight is 250 g/mol. The number of nitrogens with two attached hydrogens (primary N) is 1. The van der Waals surface area contributed by atoms with E-state index in [-0.39, 0.29) is 0 Å². The monoisotopic (exact) mass is 250 g/mol. The fourth-order valence-corrected chi connectivity index (χ4v) is 1.88. The maximum atomic E-state index is 5.75. The molecule has 100 valence electrons. The number of nitrogens with one attached hydrogen (secondary N) is 1. The zero-order chi connectivity index (χ0) is 12.8. The van der Waals surface area contributed by atoms with Gasteiger partial charge in [-0.3, -0.25) is 0 Å². The summed E-state index contributed by atoms with van der Waals surface area (Å²) in [6, 6.07) is 1.77. The standard InChI is InChI=1S/C13H22N4O/c1-2-18-9-13-16-11(14)8-12(17-13)15-7-3-4-10-5-6-10/h8,10H,2-7,9H2,1H3,(H3,14,15,16,17). The van der Waals surface area contributed by atoms with Crippen LogP contribution in [0.1, 0.15) is 38.4 Å². The van der Waals surface area contributed by atoms with E-state index in [2.05, 4.69) is 15.3 Å². The van der Waals surface area contributed by atoms with E-state index in [1.807, 2.05) is 6.92 Å². The molecule has 0 spiro atoms. The van der Waals surface area contributed by atoms with Crippen molar-refractivity contribution in [2.45, 2.75) is 39.2 Å². The van der Waals surface area contributed by atoms with Crippen LogP contribution < -0.4 is 11.1 Å². The van der Waals surface area contributed by atoms with Gasteiger partial charge in [-0.2, -0.15) is 0 Å². The van der Waals surface area contributed by atoms with Gasteiger partial charge in [-0.1, -0.05) is 12.8 Å². The quantitative estimate of drug-likeness (QED) is 0.692. The van der Waals surface area contributed by atoms with Crippen molar-refractivity contribution in [3.05, 3.63) is 11.9 Å². The molecule has 1 aliphatic rings. The van der Waals surface area contributed by atoms with Gasteiger partial charge in [0.25, 0.3) is 0 Å². The van der Waals surface area contributed by atoms with Crippen LogP contribution in [0.2, 0.25) is 0 Å². The summed E-state index contributed by atoms with van der Waals surface area (Å²) < 4.78 is 5.29. The summed E-state index contributed by atoms with van der Waals surface area (Å²) in [5, 5.41) is 3.30. The van der Waals surface area contributed by atoms with Crippen LogP contribution in [0.25, 0.3) is 0 Å². The van der Waals surface area contributed by atoms with E-state index in [1.165, 1.54) is 25.7 Å². The number of hydrogen-bond donors (Lipinski definition) is 2. The van der Waals surface area contributed by atoms with Gasteiger partial charge in [0, 0.05) is 19.2 Å². The third-order valence-corrected chi connectivity index (χ3v) is 3.02. The van der Waals surface area contributed by atoms with Gasteiger partial charge in [0.05, 0.1) is 0 Å². The zero-order valence-corrected chi connectivity index (χ0v) is 11.0. The number of aromatic nitrogens is 2. The first kappa shape index (κ1) is 13.1. The fraction of sp³-hybridized carbons (Fsp3) is 0.692. The van der Waals surface area contributed by atoms with Crippen LogP contribution in [-0.4, -0.2) is 23.1 Å². The highest BCUT2D eigenvalue weighted by molar-refractivity contribution is 5.44. The van der Waals surface area contributed by atoms with Crippen molar-refractivity contribution in [3.63, 3.8) is 0 Å². The third kappa shape index (κ3) is 4.49. The Balaban J connectivity index is 1.79. The molecular weight excluding hydrogens is 228 g/mol. The molecule has 0 atom stereocenters. The van der Waals surface area contributed by atoms with Gasteiger partial charge < -0.3 is 15.8 Å². The second-order valence-electron chi connectivity index (χ2n) is 4.74. The van der Waals surface area contributed by atoms with Crippen LogP contribution in [-0.2, 0) is 11.3 Å². The number of anilines is 2. The number of hydrogen-bond acceptors (Lipinski definition) is 5. The van der Waals surface area contributed by atoms with Crippen LogP contribution in [0.4, 0.5) is 11.6 Å². The first-order valence-corrected chi connectivity index (χ1v) is 6.73. The van der Waals surface area contributed by atoms with Crippen LogP contribution >= 0.6 is 0 Å². The van der Waals surface area contributed by atoms with Crippen LogP contribution in [0.3, 0.4) is 0 Å². The van der Waals surface area contributed by atoms with Gasteiger partial charge in [0.15, 0.2) is 5.82 Å². The van der Waals surface area contributed by atoms with Gasteiger partial charge in [-0.25, -0.2) is 9.97 Å². The lowest BCUT2D eigenvalue weighted by molar-refractivity contribution is 0.128. The van der Waals surface area contributed by atoms with E-state index in [0.717, 1.165) is 18.3 Å². The average Bonchev–Trinajstić information content (AvgIpc) is 3.15. The Morgan fingerprint density at radius 1 is 1.44 bits per heavy atom. The minimum absolute atomic E-state index is 0.415. The predicted molar refractivity (Wildman–Crippen MR) is 72.2 cm³/mol. The molecular formula is C13H22N4O. The Labute approximate surface area is 108 Å². The van der Waals surface area contributed by atoms with Gasteiger partial charge in [0.2, 0.25) is 0 Å². The second kappa shape index (κ2) is 6.54. The number of nitrogen functional groups attached to an aromatic ring is 1. The second-order valence-corrected chi connectivity index (χ2v) is 4.74. The third-order valence-electron chi connectivity index (χ3n) is 3.02. The molecule has 2 rings (SSSR count). The molecule has 1 aromatic rings. The molecule has 1 aromatic heterocycles. The lowest BCUT2D eigenvalue weighted by atomic mass is 10.2. The summed E-state index contributed by atoms with van der Waals surface area (Å²) in [6.07, 6.45) is 5.34. The van der Waals surface area contributed by atoms with Crippen molar-refractivity contribution in [2.24, 2.45) is 5.92 Å². The smallest absolute Gasteiger partial charge is 0.158 e. The van der Waals surface area contributed by atoms with E-state index in [9.17, 15) is 0 Å². The first-order valence-electron chi connectivity index (χ1n) is 6.73. The number of rotatable bonds is 8. The molecule has 0 amide bonds. The van der Waals surface area contributed by atoms with Crippen LogP contribution in [0, 0.1) is 5.92 Å².